The number of carbonyl (C=O) groups excluding carboxylic acids is 13. The first-order valence-electron chi connectivity index (χ1n) is 31.5. The van der Waals surface area contributed by atoms with E-state index < -0.39 is 222 Å². The number of carboxylic acids is 2. The molecule has 24 N–H and O–H groups in total. The van der Waals surface area contributed by atoms with Crippen molar-refractivity contribution in [1.82, 2.24) is 63.8 Å². The van der Waals surface area contributed by atoms with Crippen molar-refractivity contribution >= 4 is 88.7 Å². The Hall–Kier alpha value is -8.15. The average Bonchev–Trinajstić information content (AvgIpc) is 0.907. The van der Waals surface area contributed by atoms with Gasteiger partial charge in [0.15, 0.2) is 0 Å². The number of aliphatic carboxylic acids is 2. The Morgan fingerprint density at radius 3 is 1.12 bits per heavy atom. The number of carbonyl (C=O) groups is 15. The van der Waals surface area contributed by atoms with E-state index in [2.05, 4.69) is 63.8 Å². The van der Waals surface area contributed by atoms with Crippen LogP contribution in [0.15, 0.2) is 0 Å². The highest BCUT2D eigenvalue weighted by Gasteiger charge is 2.40. The number of hydrogen-bond acceptors (Lipinski definition) is 20. The number of carboxylic acid groups (broad SMARTS) is 2. The van der Waals surface area contributed by atoms with Crippen LogP contribution in [-0.4, -0.2) is 214 Å². The topological polar surface area (TPSA) is 585 Å². The molecule has 0 fully saturated rings. The highest BCUT2D eigenvalue weighted by atomic mass is 16.4. The lowest BCUT2D eigenvalue weighted by Gasteiger charge is -2.31. The van der Waals surface area contributed by atoms with Crippen LogP contribution in [0.2, 0.25) is 0 Å². The summed E-state index contributed by atoms with van der Waals surface area (Å²) in [6.45, 7) is 18.9. The number of aliphatic hydroxyl groups is 2. The highest BCUT2D eigenvalue weighted by molar-refractivity contribution is 6.00. The van der Waals surface area contributed by atoms with Gasteiger partial charge in [0, 0.05) is 0 Å². The number of amides is 13. The number of aliphatic hydroxyl groups excluding tert-OH is 2. The van der Waals surface area contributed by atoms with Gasteiger partial charge in [0.2, 0.25) is 76.8 Å². The van der Waals surface area contributed by atoms with Crippen molar-refractivity contribution in [3.05, 3.63) is 0 Å². The Morgan fingerprint density at radius 2 is 0.734 bits per heavy atom. The normalized spacial score (nSPS) is 16.1. The van der Waals surface area contributed by atoms with Crippen molar-refractivity contribution in [2.75, 3.05) is 19.6 Å². The summed E-state index contributed by atoms with van der Waals surface area (Å²) in [6.07, 6.45) is -2.96. The van der Waals surface area contributed by atoms with Gasteiger partial charge in [-0.1, -0.05) is 75.7 Å². The van der Waals surface area contributed by atoms with Crippen molar-refractivity contribution < 1.29 is 92.3 Å². The Bertz CT molecular complexity index is 2590. The second kappa shape index (κ2) is 43.0. The van der Waals surface area contributed by atoms with E-state index in [0.717, 1.165) is 13.8 Å². The quantitative estimate of drug-likeness (QED) is 0.0252. The maximum absolute atomic E-state index is 14.0. The highest BCUT2D eigenvalue weighted by Crippen LogP contribution is 2.14. The van der Waals surface area contributed by atoms with Gasteiger partial charge >= 0.3 is 11.9 Å². The van der Waals surface area contributed by atoms with Crippen LogP contribution in [0.3, 0.4) is 0 Å². The number of hydrogen-bond donors (Lipinski definition) is 20. The van der Waals surface area contributed by atoms with E-state index in [1.165, 1.54) is 34.6 Å². The average molecular weight is 1340 g/mol. The molecule has 0 spiro atoms. The molecule has 0 aromatic rings. The summed E-state index contributed by atoms with van der Waals surface area (Å²) in [5.41, 5.74) is 22.3. The van der Waals surface area contributed by atoms with Gasteiger partial charge in [-0.3, -0.25) is 67.1 Å². The summed E-state index contributed by atoms with van der Waals surface area (Å²) < 4.78 is 0. The van der Waals surface area contributed by atoms with Crippen molar-refractivity contribution in [3.63, 3.8) is 0 Å². The summed E-state index contributed by atoms with van der Waals surface area (Å²) in [6, 6.07) is -17.8. The number of unbranched alkanes of at least 4 members (excludes halogenated alkanes) is 2. The lowest BCUT2D eigenvalue weighted by molar-refractivity contribution is -0.142. The molecule has 0 unspecified atom stereocenters. The first kappa shape index (κ1) is 85.8. The van der Waals surface area contributed by atoms with Crippen molar-refractivity contribution in [1.29, 1.82) is 0 Å². The van der Waals surface area contributed by atoms with Crippen LogP contribution in [0.25, 0.3) is 0 Å². The molecule has 0 aliphatic carbocycles. The zero-order valence-corrected chi connectivity index (χ0v) is 56.2. The summed E-state index contributed by atoms with van der Waals surface area (Å²) in [5.74, 6) is -18.8. The molecule has 35 nitrogen and oxygen atoms in total. The van der Waals surface area contributed by atoms with Crippen LogP contribution in [0.5, 0.6) is 0 Å². The molecule has 0 bridgehead atoms. The monoisotopic (exact) mass is 1340 g/mol. The predicted molar refractivity (Wildman–Crippen MR) is 340 cm³/mol. The van der Waals surface area contributed by atoms with Gasteiger partial charge in [-0.05, 0) is 102 Å². The smallest absolute Gasteiger partial charge is 0.326 e. The van der Waals surface area contributed by atoms with E-state index in [9.17, 15) is 87.2 Å². The Kier molecular flexibility index (Phi) is 39.2. The minimum atomic E-state index is -1.84. The molecule has 35 heteroatoms. The van der Waals surface area contributed by atoms with E-state index in [-0.39, 0.29) is 25.8 Å². The van der Waals surface area contributed by atoms with E-state index in [0.29, 0.717) is 32.2 Å². The van der Waals surface area contributed by atoms with Gasteiger partial charge in [0.05, 0.1) is 37.6 Å². The zero-order chi connectivity index (χ0) is 72.6. The van der Waals surface area contributed by atoms with Crippen LogP contribution in [0, 0.1) is 29.6 Å². The third kappa shape index (κ3) is 30.7. The molecule has 0 saturated heterocycles. The maximum Gasteiger partial charge on any atom is 0.326 e. The molecule has 0 aromatic heterocycles. The summed E-state index contributed by atoms with van der Waals surface area (Å²) in [7, 11) is 0. The van der Waals surface area contributed by atoms with Gasteiger partial charge in [0.25, 0.3) is 0 Å². The number of rotatable bonds is 45. The minimum absolute atomic E-state index is 0.0220. The summed E-state index contributed by atoms with van der Waals surface area (Å²) in [4.78, 5) is 198. The molecule has 0 radical (unpaired) electrons. The van der Waals surface area contributed by atoms with E-state index in [1.54, 1.807) is 41.5 Å². The molecule has 0 aliphatic rings. The van der Waals surface area contributed by atoms with Gasteiger partial charge in [-0.25, -0.2) is 4.79 Å². The van der Waals surface area contributed by atoms with Crippen LogP contribution in [0.1, 0.15) is 148 Å². The fourth-order valence-corrected chi connectivity index (χ4v) is 9.05. The minimum Gasteiger partial charge on any atom is -0.481 e. The van der Waals surface area contributed by atoms with Gasteiger partial charge in [-0.15, -0.1) is 0 Å². The van der Waals surface area contributed by atoms with Gasteiger partial charge in [0.1, 0.15) is 66.5 Å². The van der Waals surface area contributed by atoms with E-state index in [4.69, 9.17) is 28.0 Å². The van der Waals surface area contributed by atoms with Gasteiger partial charge < -0.3 is 107 Å². The second-order valence-electron chi connectivity index (χ2n) is 24.7. The predicted octanol–water partition coefficient (Wildman–Crippen LogP) is -6.09. The third-order valence-electron chi connectivity index (χ3n) is 15.0. The molecule has 0 rings (SSSR count). The Labute approximate surface area is 547 Å². The van der Waals surface area contributed by atoms with Crippen molar-refractivity contribution in [2.45, 2.75) is 233 Å². The fourth-order valence-electron chi connectivity index (χ4n) is 9.05. The zero-order valence-electron chi connectivity index (χ0n) is 56.2. The molecule has 13 amide bonds. The number of nitrogens with two attached hydrogens (primary N) is 4. The Balaban J connectivity index is 6.41. The SMILES string of the molecule is CC[C@H](C)[C@H](NC(=O)[C@@H](NC(=O)[C@@H](NC(=O)[C@@H](N)CC(=O)O)C(C)C)[C@@H](C)O)C(=O)N[C@H](C(=O)N[C@H](C(=O)N[C@@H](CC(N)=O)C(=O)NCC(=O)N[C@@H](CCCCN)C(=O)N[C@H](C(=O)N[C@H](C(=O)N[C@@H](C)C(=O)N[C@@H](CCCCN)C(=O)O)C(C)C)C(C)C)C(C)C)[C@@H](C)O. The van der Waals surface area contributed by atoms with E-state index in [1.807, 2.05) is 0 Å². The number of nitrogens with one attached hydrogen (secondary N) is 12. The molecule has 94 heavy (non-hydrogen) atoms. The first-order valence-corrected chi connectivity index (χ1v) is 31.5. The molecule has 0 aliphatic heterocycles. The van der Waals surface area contributed by atoms with Crippen molar-refractivity contribution in [3.8, 4) is 0 Å². The third-order valence-corrected chi connectivity index (χ3v) is 15.0. The maximum atomic E-state index is 14.0. The molecular weight excluding hydrogens is 1240 g/mol. The molecule has 0 saturated carbocycles. The Morgan fingerprint density at radius 1 is 0.383 bits per heavy atom. The summed E-state index contributed by atoms with van der Waals surface area (Å²) >= 11 is 0. The molecule has 536 valence electrons. The van der Waals surface area contributed by atoms with Crippen molar-refractivity contribution in [2.24, 2.45) is 52.5 Å². The van der Waals surface area contributed by atoms with Crippen LogP contribution in [-0.2, 0) is 71.9 Å². The van der Waals surface area contributed by atoms with Gasteiger partial charge in [-0.2, -0.15) is 0 Å². The number of primary amides is 1. The molecule has 15 atom stereocenters. The van der Waals surface area contributed by atoms with Crippen LogP contribution in [0.4, 0.5) is 0 Å². The standard InChI is InChI=1S/C59H106N16O19/c1-14-30(10)45(73-58(92)47(33(13)77)74-55(89)43(28(6)7)69-49(83)34(62)23-40(80)81)56(90)75-46(32(12)76)57(91)72-42(27(4)5)53(87)68-37(24-38(63)78)50(84)64-25-39(79)66-35(19-15-17-21-60)51(85)70-44(29(8)9)54(88)71-41(26(2)3)52(86)65-31(11)48(82)67-36(59(93)94)20-16-18-22-61/h26-37,41-47,76-77H,14-25,60-62H2,1-13H3,(H2,63,78)(H,64,84)(H,65,86)(H,66,79)(H,67,82)(H,68,87)(H,69,83)(H,70,85)(H,71,88)(H,72,91)(H,73,92)(H,74,89)(H,75,90)(H,80,81)(H,93,94)/t30-,31-,32+,33+,34-,35-,36-,37-,41-,42-,43-,44-,45-,46-,47-/m0/s1. The molecule has 0 heterocycles. The van der Waals surface area contributed by atoms with Crippen LogP contribution < -0.4 is 86.7 Å². The molecule has 0 aromatic carbocycles. The lowest BCUT2D eigenvalue weighted by atomic mass is 9.96. The molecular formula is C59H106N16O19. The van der Waals surface area contributed by atoms with Crippen LogP contribution >= 0.6 is 0 Å². The first-order chi connectivity index (χ1) is 43.7. The lowest BCUT2D eigenvalue weighted by Crippen LogP contribution is -2.64. The second-order valence-corrected chi connectivity index (χ2v) is 24.7. The summed E-state index contributed by atoms with van der Waals surface area (Å²) in [5, 5.41) is 69.2. The fraction of sp³-hybridized carbons (Fsp3) is 0.746. The van der Waals surface area contributed by atoms with E-state index >= 15 is 0 Å². The largest absolute Gasteiger partial charge is 0.481 e.